The van der Waals surface area contributed by atoms with E-state index in [4.69, 9.17) is 23.2 Å². The average Bonchev–Trinajstić information content (AvgIpc) is 2.41. The molecule has 0 aromatic heterocycles. The molecule has 21 heavy (non-hydrogen) atoms. The van der Waals surface area contributed by atoms with Crippen molar-refractivity contribution in [3.05, 3.63) is 67.6 Å². The van der Waals surface area contributed by atoms with E-state index in [9.17, 15) is 8.78 Å². The molecular formula is C15H12BrCl2F2N. The third kappa shape index (κ3) is 3.75. The van der Waals surface area contributed by atoms with Crippen LogP contribution in [0.25, 0.3) is 0 Å². The van der Waals surface area contributed by atoms with Crippen LogP contribution in [0.1, 0.15) is 24.1 Å². The maximum atomic E-state index is 13.5. The molecule has 0 radical (unpaired) electrons. The number of nitrogens with one attached hydrogen (secondary N) is 1. The maximum absolute atomic E-state index is 13.5. The lowest BCUT2D eigenvalue weighted by Crippen LogP contribution is -2.23. The first kappa shape index (κ1) is 16.7. The highest BCUT2D eigenvalue weighted by Gasteiger charge is 2.21. The van der Waals surface area contributed by atoms with Gasteiger partial charge in [0.1, 0.15) is 0 Å². The Labute approximate surface area is 140 Å². The molecule has 1 nitrogen and oxygen atoms in total. The van der Waals surface area contributed by atoms with Gasteiger partial charge < -0.3 is 5.32 Å². The predicted octanol–water partition coefficient (Wildman–Crippen LogP) is 5.73. The SMILES string of the molecule is CCNC(c1cc(F)c(F)cc1Cl)c1ccc(Cl)cc1Br. The van der Waals surface area contributed by atoms with Crippen LogP contribution in [-0.2, 0) is 0 Å². The second-order valence-electron chi connectivity index (χ2n) is 4.44. The molecule has 6 heteroatoms. The molecule has 0 aliphatic heterocycles. The quantitative estimate of drug-likeness (QED) is 0.652. The Morgan fingerprint density at radius 2 is 1.76 bits per heavy atom. The fraction of sp³-hybridized carbons (Fsp3) is 0.200. The van der Waals surface area contributed by atoms with Gasteiger partial charge in [-0.3, -0.25) is 0 Å². The molecule has 2 aromatic carbocycles. The van der Waals surface area contributed by atoms with E-state index in [0.717, 1.165) is 22.2 Å². The van der Waals surface area contributed by atoms with Crippen LogP contribution in [-0.4, -0.2) is 6.54 Å². The molecular weight excluding hydrogens is 383 g/mol. The lowest BCUT2D eigenvalue weighted by molar-refractivity contribution is 0.504. The molecule has 1 N–H and O–H groups in total. The maximum Gasteiger partial charge on any atom is 0.160 e. The monoisotopic (exact) mass is 393 g/mol. The van der Waals surface area contributed by atoms with Crippen molar-refractivity contribution in [2.45, 2.75) is 13.0 Å². The van der Waals surface area contributed by atoms with Gasteiger partial charge in [0.05, 0.1) is 6.04 Å². The lowest BCUT2D eigenvalue weighted by atomic mass is 9.98. The number of hydrogen-bond acceptors (Lipinski definition) is 1. The summed E-state index contributed by atoms with van der Waals surface area (Å²) in [6.45, 7) is 2.56. The number of rotatable bonds is 4. The van der Waals surface area contributed by atoms with Gasteiger partial charge in [-0.05, 0) is 41.9 Å². The van der Waals surface area contributed by atoms with E-state index in [-0.39, 0.29) is 11.1 Å². The second-order valence-corrected chi connectivity index (χ2v) is 6.14. The van der Waals surface area contributed by atoms with E-state index in [0.29, 0.717) is 17.1 Å². The molecule has 0 aliphatic carbocycles. The van der Waals surface area contributed by atoms with Crippen LogP contribution in [0.4, 0.5) is 8.78 Å². The molecule has 0 heterocycles. The van der Waals surface area contributed by atoms with Crippen LogP contribution in [0, 0.1) is 11.6 Å². The zero-order valence-corrected chi connectivity index (χ0v) is 14.2. The minimum Gasteiger partial charge on any atom is -0.306 e. The minimum absolute atomic E-state index is 0.168. The van der Waals surface area contributed by atoms with Crippen LogP contribution in [0.2, 0.25) is 10.0 Å². The van der Waals surface area contributed by atoms with Crippen LogP contribution < -0.4 is 5.32 Å². The fourth-order valence-corrected chi connectivity index (χ4v) is 3.26. The highest BCUT2D eigenvalue weighted by atomic mass is 79.9. The first-order valence-corrected chi connectivity index (χ1v) is 7.81. The van der Waals surface area contributed by atoms with Crippen molar-refractivity contribution in [3.63, 3.8) is 0 Å². The van der Waals surface area contributed by atoms with Crippen molar-refractivity contribution >= 4 is 39.1 Å². The van der Waals surface area contributed by atoms with Gasteiger partial charge in [0.15, 0.2) is 11.6 Å². The van der Waals surface area contributed by atoms with Gasteiger partial charge in [0.2, 0.25) is 0 Å². The summed E-state index contributed by atoms with van der Waals surface area (Å²) < 4.78 is 27.5. The minimum atomic E-state index is -0.964. The van der Waals surface area contributed by atoms with E-state index in [1.54, 1.807) is 12.1 Å². The molecule has 0 spiro atoms. The molecule has 0 saturated carbocycles. The van der Waals surface area contributed by atoms with Gasteiger partial charge in [-0.15, -0.1) is 0 Å². The van der Waals surface area contributed by atoms with Crippen molar-refractivity contribution in [2.24, 2.45) is 0 Å². The highest BCUT2D eigenvalue weighted by Crippen LogP contribution is 2.34. The van der Waals surface area contributed by atoms with Gasteiger partial charge in [-0.2, -0.15) is 0 Å². The Hall–Kier alpha value is -0.680. The summed E-state index contributed by atoms with van der Waals surface area (Å²) in [6, 6.07) is 7.03. The largest absolute Gasteiger partial charge is 0.306 e. The standard InChI is InChI=1S/C15H12BrCl2F2N/c1-2-21-15(9-4-3-8(17)5-11(9)16)10-6-13(19)14(20)7-12(10)18/h3-7,15,21H,2H2,1H3. The van der Waals surface area contributed by atoms with Crippen molar-refractivity contribution in [1.29, 1.82) is 0 Å². The number of hydrogen-bond donors (Lipinski definition) is 1. The molecule has 0 aliphatic rings. The number of halogens is 5. The van der Waals surface area contributed by atoms with Crippen molar-refractivity contribution < 1.29 is 8.78 Å². The molecule has 1 unspecified atom stereocenters. The van der Waals surface area contributed by atoms with Crippen molar-refractivity contribution in [2.75, 3.05) is 6.54 Å². The average molecular weight is 395 g/mol. The summed E-state index contributed by atoms with van der Waals surface area (Å²) in [5.74, 6) is -1.89. The third-order valence-electron chi connectivity index (χ3n) is 3.03. The summed E-state index contributed by atoms with van der Waals surface area (Å²) in [6.07, 6.45) is 0. The Morgan fingerprint density at radius 3 is 2.38 bits per heavy atom. The highest BCUT2D eigenvalue weighted by molar-refractivity contribution is 9.10. The van der Waals surface area contributed by atoms with Crippen molar-refractivity contribution in [1.82, 2.24) is 5.32 Å². The molecule has 2 rings (SSSR count). The zero-order valence-electron chi connectivity index (χ0n) is 11.1. The van der Waals surface area contributed by atoms with Gasteiger partial charge in [0.25, 0.3) is 0 Å². The topological polar surface area (TPSA) is 12.0 Å². The molecule has 0 bridgehead atoms. The third-order valence-corrected chi connectivity index (χ3v) is 4.28. The van der Waals surface area contributed by atoms with E-state index in [2.05, 4.69) is 21.2 Å². The second kappa shape index (κ2) is 7.05. The van der Waals surface area contributed by atoms with Gasteiger partial charge in [-0.25, -0.2) is 8.78 Å². The van der Waals surface area contributed by atoms with Crippen LogP contribution >= 0.6 is 39.1 Å². The summed E-state index contributed by atoms with van der Waals surface area (Å²) in [5, 5.41) is 3.97. The summed E-state index contributed by atoms with van der Waals surface area (Å²) in [7, 11) is 0. The first-order valence-electron chi connectivity index (χ1n) is 6.26. The van der Waals surface area contributed by atoms with E-state index in [1.165, 1.54) is 0 Å². The van der Waals surface area contributed by atoms with E-state index in [1.807, 2.05) is 13.0 Å². The summed E-state index contributed by atoms with van der Waals surface area (Å²) in [5.41, 5.74) is 1.31. The molecule has 112 valence electrons. The molecule has 0 fully saturated rings. The predicted molar refractivity (Wildman–Crippen MR) is 86.0 cm³/mol. The Kier molecular flexibility index (Phi) is 5.60. The van der Waals surface area contributed by atoms with Crippen molar-refractivity contribution in [3.8, 4) is 0 Å². The van der Waals surface area contributed by atoms with Gasteiger partial charge >= 0.3 is 0 Å². The van der Waals surface area contributed by atoms with Crippen LogP contribution in [0.5, 0.6) is 0 Å². The summed E-state index contributed by atoms with van der Waals surface area (Å²) in [4.78, 5) is 0. The summed E-state index contributed by atoms with van der Waals surface area (Å²) >= 11 is 15.5. The zero-order chi connectivity index (χ0) is 15.6. The number of benzene rings is 2. The Balaban J connectivity index is 2.55. The first-order chi connectivity index (χ1) is 9.93. The lowest BCUT2D eigenvalue weighted by Gasteiger charge is -2.22. The molecule has 0 amide bonds. The molecule has 1 atom stereocenters. The van der Waals surface area contributed by atoms with Crippen LogP contribution in [0.15, 0.2) is 34.8 Å². The van der Waals surface area contributed by atoms with Gasteiger partial charge in [-0.1, -0.05) is 52.1 Å². The van der Waals surface area contributed by atoms with Crippen LogP contribution in [0.3, 0.4) is 0 Å². The Bertz CT molecular complexity index is 664. The molecule has 0 saturated heterocycles. The van der Waals surface area contributed by atoms with E-state index >= 15 is 0 Å². The van der Waals surface area contributed by atoms with Gasteiger partial charge in [0, 0.05) is 14.5 Å². The van der Waals surface area contributed by atoms with E-state index < -0.39 is 11.6 Å². The Morgan fingerprint density at radius 1 is 1.10 bits per heavy atom. The normalized spacial score (nSPS) is 12.5. The fourth-order valence-electron chi connectivity index (χ4n) is 2.09. The molecule has 2 aromatic rings. The smallest absolute Gasteiger partial charge is 0.160 e.